The summed E-state index contributed by atoms with van der Waals surface area (Å²) in [7, 11) is 1.70. The maximum Gasteiger partial charge on any atom is 0.327 e. The van der Waals surface area contributed by atoms with Crippen LogP contribution in [0.3, 0.4) is 0 Å². The molecule has 0 spiro atoms. The van der Waals surface area contributed by atoms with Crippen LogP contribution in [0.2, 0.25) is 0 Å². The van der Waals surface area contributed by atoms with E-state index in [-0.39, 0.29) is 5.91 Å². The number of aliphatic carboxylic acids is 1. The van der Waals surface area contributed by atoms with Crippen molar-refractivity contribution in [3.63, 3.8) is 0 Å². The van der Waals surface area contributed by atoms with Crippen LogP contribution in [0.15, 0.2) is 6.07 Å². The first kappa shape index (κ1) is 12.9. The van der Waals surface area contributed by atoms with Gasteiger partial charge in [-0.3, -0.25) is 9.48 Å². The summed E-state index contributed by atoms with van der Waals surface area (Å²) in [5, 5.41) is 13.3. The second-order valence-corrected chi connectivity index (χ2v) is 5.13. The molecule has 2 rings (SSSR count). The van der Waals surface area contributed by atoms with Crippen LogP contribution in [0, 0.1) is 0 Å². The minimum absolute atomic E-state index is 0.262. The Morgan fingerprint density at radius 3 is 2.89 bits per heavy atom. The molecule has 1 aliphatic rings. The highest BCUT2D eigenvalue weighted by atomic mass is 32.2. The van der Waals surface area contributed by atoms with E-state index in [1.165, 1.54) is 21.3 Å². The number of aromatic nitrogens is 2. The Morgan fingerprint density at radius 1 is 1.61 bits per heavy atom. The van der Waals surface area contributed by atoms with Crippen LogP contribution >= 0.6 is 11.8 Å². The third-order valence-corrected chi connectivity index (χ3v) is 3.95. The Labute approximate surface area is 109 Å². The lowest BCUT2D eigenvalue weighted by Gasteiger charge is -2.20. The molecule has 0 bridgehead atoms. The number of hydrogen-bond acceptors (Lipinski definition) is 4. The van der Waals surface area contributed by atoms with Gasteiger partial charge >= 0.3 is 5.97 Å². The molecule has 6 nitrogen and oxygen atoms in total. The predicted molar refractivity (Wildman–Crippen MR) is 67.5 cm³/mol. The van der Waals surface area contributed by atoms with Gasteiger partial charge in [-0.1, -0.05) is 6.92 Å². The molecule has 18 heavy (non-hydrogen) atoms. The number of aryl methyl sites for hydroxylation is 2. The molecule has 1 aromatic heterocycles. The number of carboxylic acids is 1. The molecule has 1 fully saturated rings. The molecule has 7 heteroatoms. The average Bonchev–Trinajstić information content (AvgIpc) is 2.94. The lowest BCUT2D eigenvalue weighted by molar-refractivity contribution is -0.140. The minimum Gasteiger partial charge on any atom is -0.480 e. The average molecular weight is 269 g/mol. The maximum atomic E-state index is 12.3. The number of amides is 1. The van der Waals surface area contributed by atoms with Crippen molar-refractivity contribution in [2.24, 2.45) is 7.05 Å². The van der Waals surface area contributed by atoms with Gasteiger partial charge in [0.05, 0.1) is 11.6 Å². The summed E-state index contributed by atoms with van der Waals surface area (Å²) in [5.41, 5.74) is 1.28. The summed E-state index contributed by atoms with van der Waals surface area (Å²) < 4.78 is 1.52. The van der Waals surface area contributed by atoms with E-state index in [1.54, 1.807) is 13.1 Å². The second-order valence-electron chi connectivity index (χ2n) is 4.13. The Bertz CT molecular complexity index is 486. The number of nitrogens with zero attached hydrogens (tertiary/aromatic N) is 3. The van der Waals surface area contributed by atoms with Crippen molar-refractivity contribution in [1.82, 2.24) is 14.7 Å². The molecule has 1 aromatic rings. The molecule has 1 aliphatic heterocycles. The van der Waals surface area contributed by atoms with Crippen molar-refractivity contribution in [1.29, 1.82) is 0 Å². The Kier molecular flexibility index (Phi) is 3.60. The maximum absolute atomic E-state index is 12.3. The van der Waals surface area contributed by atoms with Crippen molar-refractivity contribution in [3.8, 4) is 0 Å². The van der Waals surface area contributed by atoms with Crippen molar-refractivity contribution in [2.45, 2.75) is 19.4 Å². The molecular formula is C11H15N3O3S. The van der Waals surface area contributed by atoms with Gasteiger partial charge < -0.3 is 10.0 Å². The predicted octanol–water partition coefficient (Wildman–Crippen LogP) is 0.582. The summed E-state index contributed by atoms with van der Waals surface area (Å²) >= 11 is 1.45. The van der Waals surface area contributed by atoms with Crippen LogP contribution in [-0.2, 0) is 18.3 Å². The summed E-state index contributed by atoms with van der Waals surface area (Å²) in [5.74, 6) is -0.351. The zero-order valence-corrected chi connectivity index (χ0v) is 11.1. The van der Waals surface area contributed by atoms with E-state index < -0.39 is 12.0 Å². The monoisotopic (exact) mass is 269 g/mol. The summed E-state index contributed by atoms with van der Waals surface area (Å²) in [6.45, 7) is 1.96. The Hall–Kier alpha value is -1.50. The number of carboxylic acid groups (broad SMARTS) is 1. The number of rotatable bonds is 3. The van der Waals surface area contributed by atoms with Crippen LogP contribution in [0.25, 0.3) is 0 Å². The second kappa shape index (κ2) is 5.01. The van der Waals surface area contributed by atoms with Crippen LogP contribution in [0.1, 0.15) is 23.1 Å². The van der Waals surface area contributed by atoms with E-state index >= 15 is 0 Å². The topological polar surface area (TPSA) is 75.4 Å². The number of hydrogen-bond donors (Lipinski definition) is 1. The van der Waals surface area contributed by atoms with Crippen LogP contribution < -0.4 is 0 Å². The quantitative estimate of drug-likeness (QED) is 0.869. The highest BCUT2D eigenvalue weighted by Gasteiger charge is 2.36. The van der Waals surface area contributed by atoms with Gasteiger partial charge in [-0.15, -0.1) is 11.8 Å². The lowest BCUT2D eigenvalue weighted by atomic mass is 10.2. The molecule has 2 heterocycles. The van der Waals surface area contributed by atoms with Gasteiger partial charge in [0.1, 0.15) is 11.7 Å². The highest BCUT2D eigenvalue weighted by Crippen LogP contribution is 2.23. The van der Waals surface area contributed by atoms with Crippen molar-refractivity contribution < 1.29 is 14.7 Å². The smallest absolute Gasteiger partial charge is 0.327 e. The standard InChI is InChI=1S/C11H15N3O3S/c1-3-7-4-8(13(2)12-7)10(15)14-6-18-5-9(14)11(16)17/h4,9H,3,5-6H2,1-2H3,(H,16,17)/t9-/m0/s1. The first-order chi connectivity index (χ1) is 8.54. The van der Waals surface area contributed by atoms with Crippen LogP contribution in [0.4, 0.5) is 0 Å². The third-order valence-electron chi connectivity index (χ3n) is 2.94. The molecule has 98 valence electrons. The van der Waals surface area contributed by atoms with Gasteiger partial charge in [0.2, 0.25) is 0 Å². The number of carbonyl (C=O) groups excluding carboxylic acids is 1. The number of thioether (sulfide) groups is 1. The van der Waals surface area contributed by atoms with Gasteiger partial charge in [0.15, 0.2) is 0 Å². The van der Waals surface area contributed by atoms with Crippen molar-refractivity contribution >= 4 is 23.6 Å². The number of carbonyl (C=O) groups is 2. The Balaban J connectivity index is 2.25. The van der Waals surface area contributed by atoms with Gasteiger partial charge in [-0.25, -0.2) is 4.79 Å². The summed E-state index contributed by atoms with van der Waals surface area (Å²) in [6.07, 6.45) is 0.748. The Morgan fingerprint density at radius 2 is 2.33 bits per heavy atom. The van der Waals surface area contributed by atoms with Crippen LogP contribution in [0.5, 0.6) is 0 Å². The van der Waals surface area contributed by atoms with Gasteiger partial charge in [-0.2, -0.15) is 5.10 Å². The summed E-state index contributed by atoms with van der Waals surface area (Å²) in [4.78, 5) is 24.8. The fourth-order valence-electron chi connectivity index (χ4n) is 1.89. The molecule has 0 saturated carbocycles. The third kappa shape index (κ3) is 2.22. The van der Waals surface area contributed by atoms with E-state index in [2.05, 4.69) is 5.10 Å². The van der Waals surface area contributed by atoms with E-state index in [9.17, 15) is 9.59 Å². The van der Waals surface area contributed by atoms with E-state index in [1.807, 2.05) is 6.92 Å². The van der Waals surface area contributed by atoms with Gasteiger partial charge in [0, 0.05) is 12.8 Å². The summed E-state index contributed by atoms with van der Waals surface area (Å²) in [6, 6.07) is 0.993. The zero-order chi connectivity index (χ0) is 13.3. The molecule has 1 N–H and O–H groups in total. The van der Waals surface area contributed by atoms with Gasteiger partial charge in [0.25, 0.3) is 5.91 Å². The van der Waals surface area contributed by atoms with E-state index in [0.717, 1.165) is 12.1 Å². The minimum atomic E-state index is -0.953. The highest BCUT2D eigenvalue weighted by molar-refractivity contribution is 7.99. The fourth-order valence-corrected chi connectivity index (χ4v) is 3.04. The lowest BCUT2D eigenvalue weighted by Crippen LogP contribution is -2.42. The van der Waals surface area contributed by atoms with Gasteiger partial charge in [-0.05, 0) is 12.5 Å². The SMILES string of the molecule is CCc1cc(C(=O)N2CSC[C@H]2C(=O)O)n(C)n1. The fraction of sp³-hybridized carbons (Fsp3) is 0.545. The zero-order valence-electron chi connectivity index (χ0n) is 10.3. The first-order valence-corrected chi connectivity index (χ1v) is 6.84. The molecular weight excluding hydrogens is 254 g/mol. The largest absolute Gasteiger partial charge is 0.480 e. The van der Waals surface area contributed by atoms with Crippen molar-refractivity contribution in [3.05, 3.63) is 17.5 Å². The molecule has 0 aromatic carbocycles. The van der Waals surface area contributed by atoms with E-state index in [0.29, 0.717) is 17.3 Å². The molecule has 1 saturated heterocycles. The molecule has 1 atom stereocenters. The molecule has 0 aliphatic carbocycles. The van der Waals surface area contributed by atoms with Crippen LogP contribution in [-0.4, -0.2) is 49.3 Å². The molecule has 1 amide bonds. The molecule has 0 unspecified atom stereocenters. The van der Waals surface area contributed by atoms with E-state index in [4.69, 9.17) is 5.11 Å². The van der Waals surface area contributed by atoms with Crippen molar-refractivity contribution in [2.75, 3.05) is 11.6 Å². The first-order valence-electron chi connectivity index (χ1n) is 5.69. The normalized spacial score (nSPS) is 19.2. The molecule has 0 radical (unpaired) electrons.